The van der Waals surface area contributed by atoms with E-state index in [9.17, 15) is 4.79 Å². The van der Waals surface area contributed by atoms with Crippen molar-refractivity contribution in [3.05, 3.63) is 25.1 Å². The summed E-state index contributed by atoms with van der Waals surface area (Å²) >= 11 is 3.64. The van der Waals surface area contributed by atoms with E-state index < -0.39 is 5.60 Å². The Morgan fingerprint density at radius 2 is 2.33 bits per heavy atom. The summed E-state index contributed by atoms with van der Waals surface area (Å²) in [5.41, 5.74) is 8.72. The summed E-state index contributed by atoms with van der Waals surface area (Å²) in [7, 11) is 0. The van der Waals surface area contributed by atoms with E-state index in [4.69, 9.17) is 10.3 Å². The van der Waals surface area contributed by atoms with Gasteiger partial charge in [0, 0.05) is 9.79 Å². The van der Waals surface area contributed by atoms with E-state index in [-0.39, 0.29) is 12.5 Å². The van der Waals surface area contributed by atoms with Crippen molar-refractivity contribution in [3.8, 4) is 0 Å². The predicted octanol–water partition coefficient (Wildman–Crippen LogP) is 3.85. The summed E-state index contributed by atoms with van der Waals surface area (Å²) < 4.78 is 8.74. The Kier molecular flexibility index (Phi) is 4.74. The van der Waals surface area contributed by atoms with Gasteiger partial charge in [0.2, 0.25) is 0 Å². The highest BCUT2D eigenvalue weighted by atomic mass is 127. The topological polar surface area (TPSA) is 92.9 Å². The van der Waals surface area contributed by atoms with Crippen molar-refractivity contribution in [2.24, 2.45) is 5.11 Å². The highest BCUT2D eigenvalue weighted by molar-refractivity contribution is 14.1. The van der Waals surface area contributed by atoms with Crippen LogP contribution in [0.5, 0.6) is 0 Å². The third-order valence-electron chi connectivity index (χ3n) is 2.43. The number of nitrogens with zero attached hydrogens (tertiary/aromatic N) is 5. The second kappa shape index (κ2) is 6.20. The molecule has 0 amide bonds. The molecule has 112 valence electrons. The predicted molar refractivity (Wildman–Crippen MR) is 89.0 cm³/mol. The standard InChI is InChI=1S/C12H14IN5O2S/c1-12(2,3)20-9(19)6-18-8-4-7(5-15-17-14)21-10(8)11(13)16-18/h4H,5-6H2,1-3H3. The molecule has 7 nitrogen and oxygen atoms in total. The number of carbonyl (C=O) groups is 1. The van der Waals surface area contributed by atoms with Gasteiger partial charge in [0.25, 0.3) is 0 Å². The van der Waals surface area contributed by atoms with Gasteiger partial charge in [-0.1, -0.05) is 5.11 Å². The minimum absolute atomic E-state index is 0.0640. The van der Waals surface area contributed by atoms with Gasteiger partial charge in [0.15, 0.2) is 0 Å². The number of fused-ring (bicyclic) bond motifs is 1. The SMILES string of the molecule is CC(C)(C)OC(=O)Cn1nc(I)c2sc(CN=[N+]=[N-])cc21. The van der Waals surface area contributed by atoms with Gasteiger partial charge in [-0.3, -0.25) is 9.48 Å². The number of aromatic nitrogens is 2. The molecular formula is C12H14IN5O2S. The van der Waals surface area contributed by atoms with Crippen molar-refractivity contribution < 1.29 is 9.53 Å². The lowest BCUT2D eigenvalue weighted by Gasteiger charge is -2.19. The maximum Gasteiger partial charge on any atom is 0.328 e. The van der Waals surface area contributed by atoms with E-state index in [1.807, 2.05) is 26.8 Å². The van der Waals surface area contributed by atoms with Crippen LogP contribution in [0.1, 0.15) is 25.6 Å². The fourth-order valence-electron chi connectivity index (χ4n) is 1.77. The normalized spacial score (nSPS) is 11.4. The Morgan fingerprint density at radius 1 is 1.62 bits per heavy atom. The minimum Gasteiger partial charge on any atom is -0.459 e. The van der Waals surface area contributed by atoms with Crippen molar-refractivity contribution in [1.82, 2.24) is 9.78 Å². The first-order valence-corrected chi connectivity index (χ1v) is 8.07. The summed E-state index contributed by atoms with van der Waals surface area (Å²) in [6.45, 7) is 5.86. The Bertz CT molecular complexity index is 724. The molecule has 21 heavy (non-hydrogen) atoms. The first kappa shape index (κ1) is 16.1. The van der Waals surface area contributed by atoms with E-state index >= 15 is 0 Å². The minimum atomic E-state index is -0.516. The molecule has 2 aromatic heterocycles. The van der Waals surface area contributed by atoms with Crippen molar-refractivity contribution >= 4 is 50.1 Å². The number of hydrogen-bond acceptors (Lipinski definition) is 5. The van der Waals surface area contributed by atoms with Crippen molar-refractivity contribution in [2.75, 3.05) is 0 Å². The summed E-state index contributed by atoms with van der Waals surface area (Å²) in [6.07, 6.45) is 0. The smallest absolute Gasteiger partial charge is 0.328 e. The monoisotopic (exact) mass is 419 g/mol. The number of halogens is 1. The molecule has 0 N–H and O–H groups in total. The second-order valence-electron chi connectivity index (χ2n) is 5.35. The number of thiophene rings is 1. The van der Waals surface area contributed by atoms with Gasteiger partial charge in [-0.05, 0) is 55.0 Å². The van der Waals surface area contributed by atoms with Crippen LogP contribution >= 0.6 is 33.9 Å². The zero-order chi connectivity index (χ0) is 15.6. The van der Waals surface area contributed by atoms with Gasteiger partial charge in [-0.15, -0.1) is 11.3 Å². The van der Waals surface area contributed by atoms with Crippen LogP contribution in [0.3, 0.4) is 0 Å². The number of carbonyl (C=O) groups excluding carboxylic acids is 1. The fraction of sp³-hybridized carbons (Fsp3) is 0.500. The molecule has 0 aromatic carbocycles. The molecule has 0 saturated heterocycles. The van der Waals surface area contributed by atoms with Gasteiger partial charge < -0.3 is 4.74 Å². The first-order chi connectivity index (χ1) is 9.80. The van der Waals surface area contributed by atoms with Crippen LogP contribution in [0.15, 0.2) is 11.2 Å². The zero-order valence-electron chi connectivity index (χ0n) is 11.8. The van der Waals surface area contributed by atoms with Gasteiger partial charge >= 0.3 is 5.97 Å². The molecular weight excluding hydrogens is 405 g/mol. The van der Waals surface area contributed by atoms with Crippen molar-refractivity contribution in [3.63, 3.8) is 0 Å². The van der Waals surface area contributed by atoms with Crippen LogP contribution < -0.4 is 0 Å². The molecule has 0 aliphatic rings. The number of esters is 1. The highest BCUT2D eigenvalue weighted by Gasteiger charge is 2.19. The Hall–Kier alpha value is -1.32. The maximum atomic E-state index is 11.9. The van der Waals surface area contributed by atoms with E-state index in [0.717, 1.165) is 18.8 Å². The van der Waals surface area contributed by atoms with Gasteiger partial charge in [0.05, 0.1) is 16.8 Å². The third-order valence-corrected chi connectivity index (χ3v) is 4.66. The Balaban J connectivity index is 2.25. The zero-order valence-corrected chi connectivity index (χ0v) is 14.8. The van der Waals surface area contributed by atoms with Crippen LogP contribution in [-0.4, -0.2) is 21.4 Å². The Morgan fingerprint density at radius 3 is 2.95 bits per heavy atom. The fourth-order valence-corrected chi connectivity index (χ4v) is 3.59. The van der Waals surface area contributed by atoms with Crippen LogP contribution in [0.25, 0.3) is 20.7 Å². The molecule has 0 aliphatic heterocycles. The summed E-state index contributed by atoms with van der Waals surface area (Å²) in [6, 6.07) is 1.90. The van der Waals surface area contributed by atoms with Crippen LogP contribution in [0, 0.1) is 3.70 Å². The van der Waals surface area contributed by atoms with Crippen molar-refractivity contribution in [1.29, 1.82) is 0 Å². The molecule has 0 saturated carbocycles. The molecule has 9 heteroatoms. The molecule has 0 spiro atoms. The quantitative estimate of drug-likeness (QED) is 0.248. The van der Waals surface area contributed by atoms with E-state index in [0.29, 0.717) is 6.54 Å². The summed E-state index contributed by atoms with van der Waals surface area (Å²) in [5, 5.41) is 7.90. The Labute approximate surface area is 139 Å². The van der Waals surface area contributed by atoms with Gasteiger partial charge in [0.1, 0.15) is 15.8 Å². The van der Waals surface area contributed by atoms with E-state index in [1.165, 1.54) is 11.3 Å². The van der Waals surface area contributed by atoms with Crippen LogP contribution in [-0.2, 0) is 22.6 Å². The molecule has 0 radical (unpaired) electrons. The average molecular weight is 419 g/mol. The lowest BCUT2D eigenvalue weighted by Crippen LogP contribution is -2.26. The molecule has 0 aliphatic carbocycles. The largest absolute Gasteiger partial charge is 0.459 e. The summed E-state index contributed by atoms with van der Waals surface area (Å²) in [4.78, 5) is 15.6. The molecule has 0 unspecified atom stereocenters. The van der Waals surface area contributed by atoms with E-state index in [1.54, 1.807) is 4.68 Å². The maximum absolute atomic E-state index is 11.9. The van der Waals surface area contributed by atoms with Gasteiger partial charge in [-0.25, -0.2) is 0 Å². The second-order valence-corrected chi connectivity index (χ2v) is 7.51. The van der Waals surface area contributed by atoms with E-state index in [2.05, 4.69) is 37.7 Å². The number of rotatable bonds is 4. The van der Waals surface area contributed by atoms with Crippen LogP contribution in [0.4, 0.5) is 0 Å². The lowest BCUT2D eigenvalue weighted by molar-refractivity contribution is -0.155. The van der Waals surface area contributed by atoms with Gasteiger partial charge in [-0.2, -0.15) is 5.10 Å². The molecule has 0 bridgehead atoms. The molecule has 0 atom stereocenters. The molecule has 2 heterocycles. The first-order valence-electron chi connectivity index (χ1n) is 6.17. The molecule has 2 rings (SSSR count). The molecule has 2 aromatic rings. The summed E-state index contributed by atoms with van der Waals surface area (Å²) in [5.74, 6) is -0.328. The lowest BCUT2D eigenvalue weighted by atomic mass is 10.2. The number of ether oxygens (including phenoxy) is 1. The molecule has 0 fully saturated rings. The number of hydrogen-bond donors (Lipinski definition) is 0. The van der Waals surface area contributed by atoms with Crippen LogP contribution in [0.2, 0.25) is 0 Å². The highest BCUT2D eigenvalue weighted by Crippen LogP contribution is 2.30. The average Bonchev–Trinajstić information content (AvgIpc) is 2.87. The van der Waals surface area contributed by atoms with Crippen molar-refractivity contribution in [2.45, 2.75) is 39.5 Å². The number of azide groups is 1. The third kappa shape index (κ3) is 4.08.